The third-order valence-electron chi connectivity index (χ3n) is 4.74. The van der Waals surface area contributed by atoms with Crippen LogP contribution in [0.3, 0.4) is 0 Å². The highest BCUT2D eigenvalue weighted by Crippen LogP contribution is 2.23. The molecule has 1 aromatic carbocycles. The Morgan fingerprint density at radius 1 is 1.13 bits per heavy atom. The molecule has 5 heteroatoms. The predicted octanol–water partition coefficient (Wildman–Crippen LogP) is 3.37. The molecular formula is C18H27NO3S. The standard InChI is InChI=1S/C18H27NO3S/c1-14(2)15-9-11-17(12-10-15)23(21,22)13-18(20)19(3)16-7-5-4-6-8-16/h9-12,14,16H,4-8,13H2,1-3H3. The van der Waals surface area contributed by atoms with Gasteiger partial charge >= 0.3 is 0 Å². The lowest BCUT2D eigenvalue weighted by atomic mass is 9.94. The molecule has 0 N–H and O–H groups in total. The van der Waals surface area contributed by atoms with Crippen LogP contribution in [0.1, 0.15) is 57.4 Å². The van der Waals surface area contributed by atoms with Gasteiger partial charge in [0.15, 0.2) is 9.84 Å². The summed E-state index contributed by atoms with van der Waals surface area (Å²) >= 11 is 0. The first kappa shape index (κ1) is 18.0. The molecule has 0 spiro atoms. The Balaban J connectivity index is 2.06. The van der Waals surface area contributed by atoms with E-state index in [9.17, 15) is 13.2 Å². The summed E-state index contributed by atoms with van der Waals surface area (Å²) in [6, 6.07) is 7.06. The van der Waals surface area contributed by atoms with Gasteiger partial charge in [-0.15, -0.1) is 0 Å². The number of carbonyl (C=O) groups excluding carboxylic acids is 1. The SMILES string of the molecule is CC(C)c1ccc(S(=O)(=O)CC(=O)N(C)C2CCCCC2)cc1. The second-order valence-electron chi connectivity index (χ2n) is 6.78. The highest BCUT2D eigenvalue weighted by atomic mass is 32.2. The maximum atomic E-state index is 12.5. The predicted molar refractivity (Wildman–Crippen MR) is 92.2 cm³/mol. The van der Waals surface area contributed by atoms with Crippen LogP contribution in [0.15, 0.2) is 29.2 Å². The Bertz CT molecular complexity index is 629. The van der Waals surface area contributed by atoms with Crippen LogP contribution in [0.4, 0.5) is 0 Å². The fourth-order valence-electron chi connectivity index (χ4n) is 3.08. The van der Waals surface area contributed by atoms with Crippen molar-refractivity contribution in [2.24, 2.45) is 0 Å². The number of hydrogen-bond acceptors (Lipinski definition) is 3. The molecule has 4 nitrogen and oxygen atoms in total. The Morgan fingerprint density at radius 2 is 1.70 bits per heavy atom. The van der Waals surface area contributed by atoms with Crippen molar-refractivity contribution >= 4 is 15.7 Å². The van der Waals surface area contributed by atoms with Crippen LogP contribution in [-0.4, -0.2) is 38.1 Å². The van der Waals surface area contributed by atoms with Crippen molar-refractivity contribution < 1.29 is 13.2 Å². The largest absolute Gasteiger partial charge is 0.342 e. The maximum absolute atomic E-state index is 12.5. The van der Waals surface area contributed by atoms with Crippen molar-refractivity contribution in [3.63, 3.8) is 0 Å². The number of amides is 1. The lowest BCUT2D eigenvalue weighted by Crippen LogP contribution is -2.41. The minimum absolute atomic E-state index is 0.190. The summed E-state index contributed by atoms with van der Waals surface area (Å²) in [5.74, 6) is -0.392. The van der Waals surface area contributed by atoms with Gasteiger partial charge in [0.1, 0.15) is 5.75 Å². The van der Waals surface area contributed by atoms with Crippen LogP contribution < -0.4 is 0 Å². The van der Waals surface area contributed by atoms with Gasteiger partial charge in [0.05, 0.1) is 4.90 Å². The number of benzene rings is 1. The van der Waals surface area contributed by atoms with Crippen LogP contribution in [0, 0.1) is 0 Å². The zero-order valence-corrected chi connectivity index (χ0v) is 15.1. The maximum Gasteiger partial charge on any atom is 0.238 e. The molecule has 0 unspecified atom stereocenters. The average molecular weight is 337 g/mol. The second-order valence-corrected chi connectivity index (χ2v) is 8.77. The summed E-state index contributed by atoms with van der Waals surface area (Å²) in [4.78, 5) is 14.2. The molecular weight excluding hydrogens is 310 g/mol. The molecule has 0 saturated heterocycles. The first-order valence-corrected chi connectivity index (χ1v) is 10.0. The fourth-order valence-corrected chi connectivity index (χ4v) is 4.33. The number of rotatable bonds is 5. The van der Waals surface area contributed by atoms with E-state index in [4.69, 9.17) is 0 Å². The minimum atomic E-state index is -3.58. The monoisotopic (exact) mass is 337 g/mol. The molecule has 1 saturated carbocycles. The molecule has 128 valence electrons. The van der Waals surface area contributed by atoms with Crippen molar-refractivity contribution in [3.8, 4) is 0 Å². The second kappa shape index (κ2) is 7.47. The third kappa shape index (κ3) is 4.56. The highest BCUT2D eigenvalue weighted by molar-refractivity contribution is 7.92. The van der Waals surface area contributed by atoms with Gasteiger partial charge in [0.25, 0.3) is 0 Å². The summed E-state index contributed by atoms with van der Waals surface area (Å²) in [6.45, 7) is 4.12. The van der Waals surface area contributed by atoms with E-state index in [-0.39, 0.29) is 16.8 Å². The van der Waals surface area contributed by atoms with E-state index in [1.807, 2.05) is 12.1 Å². The Hall–Kier alpha value is -1.36. The van der Waals surface area contributed by atoms with E-state index in [1.165, 1.54) is 6.42 Å². The number of carbonyl (C=O) groups is 1. The normalized spacial score (nSPS) is 16.5. The molecule has 1 fully saturated rings. The molecule has 1 amide bonds. The summed E-state index contributed by atoms with van der Waals surface area (Å²) in [6.07, 6.45) is 5.40. The zero-order chi connectivity index (χ0) is 17.0. The summed E-state index contributed by atoms with van der Waals surface area (Å²) < 4.78 is 24.9. The van der Waals surface area contributed by atoms with Crippen molar-refractivity contribution in [3.05, 3.63) is 29.8 Å². The minimum Gasteiger partial charge on any atom is -0.342 e. The summed E-state index contributed by atoms with van der Waals surface area (Å²) in [5, 5.41) is 0. The van der Waals surface area contributed by atoms with E-state index < -0.39 is 15.6 Å². The molecule has 1 aliphatic carbocycles. The van der Waals surface area contributed by atoms with E-state index in [1.54, 1.807) is 24.1 Å². The van der Waals surface area contributed by atoms with E-state index >= 15 is 0 Å². The molecule has 0 atom stereocenters. The molecule has 0 heterocycles. The molecule has 1 aliphatic rings. The van der Waals surface area contributed by atoms with Gasteiger partial charge in [-0.1, -0.05) is 45.2 Å². The third-order valence-corrected chi connectivity index (χ3v) is 6.35. The number of hydrogen-bond donors (Lipinski definition) is 0. The van der Waals surface area contributed by atoms with E-state index in [0.29, 0.717) is 5.92 Å². The van der Waals surface area contributed by atoms with Gasteiger partial charge < -0.3 is 4.90 Å². The first-order valence-electron chi connectivity index (χ1n) is 8.39. The lowest BCUT2D eigenvalue weighted by molar-refractivity contribution is -0.129. The quantitative estimate of drug-likeness (QED) is 0.828. The van der Waals surface area contributed by atoms with Crippen molar-refractivity contribution in [1.82, 2.24) is 4.90 Å². The number of nitrogens with zero attached hydrogens (tertiary/aromatic N) is 1. The van der Waals surface area contributed by atoms with Crippen LogP contribution in [0.25, 0.3) is 0 Å². The van der Waals surface area contributed by atoms with Gasteiger partial charge in [-0.3, -0.25) is 4.79 Å². The van der Waals surface area contributed by atoms with E-state index in [2.05, 4.69) is 13.8 Å². The van der Waals surface area contributed by atoms with Crippen molar-refractivity contribution in [1.29, 1.82) is 0 Å². The molecule has 0 aliphatic heterocycles. The molecule has 2 rings (SSSR count). The molecule has 0 radical (unpaired) electrons. The summed E-state index contributed by atoms with van der Waals surface area (Å²) in [5.41, 5.74) is 1.09. The highest BCUT2D eigenvalue weighted by Gasteiger charge is 2.26. The van der Waals surface area contributed by atoms with Gasteiger partial charge in [0.2, 0.25) is 5.91 Å². The van der Waals surface area contributed by atoms with Gasteiger partial charge in [-0.05, 0) is 36.5 Å². The topological polar surface area (TPSA) is 54.5 Å². The van der Waals surface area contributed by atoms with Crippen LogP contribution in [-0.2, 0) is 14.6 Å². The smallest absolute Gasteiger partial charge is 0.238 e. The average Bonchev–Trinajstić information content (AvgIpc) is 2.54. The first-order chi connectivity index (χ1) is 10.8. The van der Waals surface area contributed by atoms with Crippen LogP contribution in [0.2, 0.25) is 0 Å². The van der Waals surface area contributed by atoms with Crippen LogP contribution in [0.5, 0.6) is 0 Å². The number of sulfone groups is 1. The Labute approximate surface area is 139 Å². The summed E-state index contributed by atoms with van der Waals surface area (Å²) in [7, 11) is -1.85. The molecule has 0 bridgehead atoms. The van der Waals surface area contributed by atoms with Crippen LogP contribution >= 0.6 is 0 Å². The van der Waals surface area contributed by atoms with E-state index in [0.717, 1.165) is 31.2 Å². The van der Waals surface area contributed by atoms with Gasteiger partial charge in [-0.2, -0.15) is 0 Å². The lowest BCUT2D eigenvalue weighted by Gasteiger charge is -2.31. The van der Waals surface area contributed by atoms with Gasteiger partial charge in [0, 0.05) is 13.1 Å². The fraction of sp³-hybridized carbons (Fsp3) is 0.611. The zero-order valence-electron chi connectivity index (χ0n) is 14.3. The molecule has 23 heavy (non-hydrogen) atoms. The van der Waals surface area contributed by atoms with Crippen molar-refractivity contribution in [2.45, 2.75) is 62.8 Å². The Morgan fingerprint density at radius 3 is 2.22 bits per heavy atom. The molecule has 1 aromatic rings. The van der Waals surface area contributed by atoms with Crippen molar-refractivity contribution in [2.75, 3.05) is 12.8 Å². The molecule has 0 aromatic heterocycles. The Kier molecular flexibility index (Phi) is 5.84. The van der Waals surface area contributed by atoms with Gasteiger partial charge in [-0.25, -0.2) is 8.42 Å².